The van der Waals surface area contributed by atoms with Crippen molar-refractivity contribution < 1.29 is 22.8 Å². The second kappa shape index (κ2) is 7.63. The Bertz CT molecular complexity index is 186. The van der Waals surface area contributed by atoms with Gasteiger partial charge in [0.15, 0.2) is 0 Å². The molecule has 0 aromatic rings. The summed E-state index contributed by atoms with van der Waals surface area (Å²) in [6, 6.07) is 0. The van der Waals surface area contributed by atoms with Crippen LogP contribution < -0.4 is 4.98 Å². The maximum absolute atomic E-state index is 11.3. The molecule has 0 saturated carbocycles. The summed E-state index contributed by atoms with van der Waals surface area (Å²) < 4.78 is 20.2. The molecule has 15 heavy (non-hydrogen) atoms. The molecule has 0 unspecified atom stereocenters. The van der Waals surface area contributed by atoms with Crippen molar-refractivity contribution in [2.24, 2.45) is 0 Å². The van der Waals surface area contributed by atoms with E-state index >= 15 is 0 Å². The highest BCUT2D eigenvalue weighted by Gasteiger charge is 2.43. The van der Waals surface area contributed by atoms with Crippen molar-refractivity contribution in [3.8, 4) is 0 Å². The zero-order valence-corrected chi connectivity index (χ0v) is 10.7. The lowest BCUT2D eigenvalue weighted by Gasteiger charge is -2.24. The fourth-order valence-corrected chi connectivity index (χ4v) is 2.27. The Balaban J connectivity index is 4.19. The van der Waals surface area contributed by atoms with E-state index in [0.29, 0.717) is 13.2 Å². The Morgan fingerprint density at radius 1 is 1.27 bits per heavy atom. The van der Waals surface area contributed by atoms with E-state index in [2.05, 4.69) is 4.98 Å². The average Bonchev–Trinajstić information content (AvgIpc) is 2.25. The maximum atomic E-state index is 11.3. The summed E-state index contributed by atoms with van der Waals surface area (Å²) in [6.07, 6.45) is 0.178. The van der Waals surface area contributed by atoms with Crippen LogP contribution >= 0.6 is 0 Å². The Hall–Kier alpha value is -0.633. The van der Waals surface area contributed by atoms with E-state index in [-0.39, 0.29) is 0 Å². The minimum atomic E-state index is -3.08. The molecule has 0 fully saturated rings. The van der Waals surface area contributed by atoms with E-state index < -0.39 is 15.1 Å². The number of ether oxygens (including phenoxy) is 1. The van der Waals surface area contributed by atoms with Gasteiger partial charge >= 0.3 is 15.1 Å². The van der Waals surface area contributed by atoms with Gasteiger partial charge in [0.05, 0.1) is 6.61 Å². The fraction of sp³-hybridized carbons (Fsp3) is 0.875. The minimum absolute atomic E-state index is 0.357. The highest BCUT2D eigenvalue weighted by Crippen LogP contribution is 2.03. The lowest BCUT2D eigenvalue weighted by atomic mass is 10.5. The van der Waals surface area contributed by atoms with Gasteiger partial charge in [-0.2, -0.15) is 0 Å². The fourth-order valence-electron chi connectivity index (χ4n) is 0.885. The number of carbonyl (C=O) groups excluding carboxylic acids is 1. The smallest absolute Gasteiger partial charge is 0.450 e. The highest BCUT2D eigenvalue weighted by molar-refractivity contribution is 6.60. The molecule has 0 heterocycles. The van der Waals surface area contributed by atoms with Crippen molar-refractivity contribution in [1.29, 1.82) is 0 Å². The number of hydrogen-bond donors (Lipinski definition) is 1. The summed E-state index contributed by atoms with van der Waals surface area (Å²) in [5.41, 5.74) is 0. The molecular weight excluding hydrogens is 218 g/mol. The van der Waals surface area contributed by atoms with Gasteiger partial charge in [-0.25, -0.2) is 4.79 Å². The number of hydrogen-bond acceptors (Lipinski definition) is 5. The normalized spacial score (nSPS) is 11.2. The molecule has 0 aromatic carbocycles. The average molecular weight is 237 g/mol. The molecule has 0 aliphatic carbocycles. The summed E-state index contributed by atoms with van der Waals surface area (Å²) in [4.78, 5) is 13.7. The first-order valence-electron chi connectivity index (χ1n) is 4.83. The summed E-state index contributed by atoms with van der Waals surface area (Å²) >= 11 is 0. The van der Waals surface area contributed by atoms with Crippen LogP contribution in [0, 0.1) is 0 Å². The first-order chi connectivity index (χ1) is 7.14. The van der Waals surface area contributed by atoms with Gasteiger partial charge in [-0.3, -0.25) is 4.98 Å². The number of rotatable bonds is 7. The number of carbonyl (C=O) groups is 1. The van der Waals surface area contributed by atoms with Crippen LogP contribution in [-0.2, 0) is 18.0 Å². The zero-order valence-electron chi connectivity index (χ0n) is 9.66. The quantitative estimate of drug-likeness (QED) is 0.666. The molecule has 0 spiro atoms. The van der Waals surface area contributed by atoms with Crippen molar-refractivity contribution in [3.05, 3.63) is 0 Å². The van der Waals surface area contributed by atoms with Gasteiger partial charge in [0, 0.05) is 20.8 Å². The van der Waals surface area contributed by atoms with Gasteiger partial charge in [0.25, 0.3) is 0 Å². The van der Waals surface area contributed by atoms with Gasteiger partial charge in [0.1, 0.15) is 0 Å². The predicted molar refractivity (Wildman–Crippen MR) is 56.2 cm³/mol. The first kappa shape index (κ1) is 14.4. The van der Waals surface area contributed by atoms with Gasteiger partial charge in [-0.15, -0.1) is 0 Å². The monoisotopic (exact) mass is 237 g/mol. The summed E-state index contributed by atoms with van der Waals surface area (Å²) in [7, 11) is -0.237. The molecule has 1 amide bonds. The third kappa shape index (κ3) is 5.12. The molecule has 0 atom stereocenters. The third-order valence-electron chi connectivity index (χ3n) is 1.56. The Morgan fingerprint density at radius 3 is 2.27 bits per heavy atom. The lowest BCUT2D eigenvalue weighted by molar-refractivity contribution is 0.0834. The van der Waals surface area contributed by atoms with Gasteiger partial charge in [-0.05, 0) is 13.3 Å². The van der Waals surface area contributed by atoms with Crippen molar-refractivity contribution in [2.75, 3.05) is 27.4 Å². The molecule has 6 nitrogen and oxygen atoms in total. The summed E-state index contributed by atoms with van der Waals surface area (Å²) in [5, 5.41) is 0. The van der Waals surface area contributed by atoms with Crippen LogP contribution in [0.4, 0.5) is 4.79 Å². The maximum Gasteiger partial charge on any atom is 0.635 e. The molecule has 0 aliphatic rings. The number of amides is 1. The van der Waals surface area contributed by atoms with E-state index in [1.165, 1.54) is 14.2 Å². The van der Waals surface area contributed by atoms with E-state index in [1.807, 2.05) is 6.92 Å². The molecule has 7 heteroatoms. The molecule has 0 radical (unpaired) electrons. The predicted octanol–water partition coefficient (Wildman–Crippen LogP) is 0.887. The third-order valence-corrected chi connectivity index (χ3v) is 3.82. The second-order valence-electron chi connectivity index (χ2n) is 2.66. The van der Waals surface area contributed by atoms with Gasteiger partial charge < -0.3 is 18.0 Å². The Kier molecular flexibility index (Phi) is 7.31. The Labute approximate surface area is 91.3 Å². The van der Waals surface area contributed by atoms with Crippen molar-refractivity contribution in [3.63, 3.8) is 0 Å². The first-order valence-corrected chi connectivity index (χ1v) is 6.55. The molecule has 0 aromatic heterocycles. The standard InChI is InChI=1S/C8H19NO5Si/c1-5-7-13-8(10)9-15(11-3,12-4)14-6-2/h5-7H2,1-4H3,(H,9,10). The van der Waals surface area contributed by atoms with Crippen molar-refractivity contribution >= 4 is 15.1 Å². The molecule has 0 saturated heterocycles. The SMILES string of the molecule is CCCOC(=O)N[Si](OC)(OC)OCC. The van der Waals surface area contributed by atoms with E-state index in [0.717, 1.165) is 6.42 Å². The molecule has 0 aliphatic heterocycles. The highest BCUT2D eigenvalue weighted by atomic mass is 28.4. The van der Waals surface area contributed by atoms with Crippen LogP contribution in [0.5, 0.6) is 0 Å². The molecular formula is C8H19NO5Si. The lowest BCUT2D eigenvalue weighted by Crippen LogP contribution is -2.60. The van der Waals surface area contributed by atoms with Crippen molar-refractivity contribution in [1.82, 2.24) is 4.98 Å². The van der Waals surface area contributed by atoms with E-state index in [4.69, 9.17) is 18.0 Å². The van der Waals surface area contributed by atoms with Gasteiger partial charge in [-0.1, -0.05) is 6.92 Å². The van der Waals surface area contributed by atoms with E-state index in [1.54, 1.807) is 6.92 Å². The molecule has 90 valence electrons. The van der Waals surface area contributed by atoms with E-state index in [9.17, 15) is 4.79 Å². The second-order valence-corrected chi connectivity index (χ2v) is 5.13. The van der Waals surface area contributed by atoms with Crippen molar-refractivity contribution in [2.45, 2.75) is 20.3 Å². The minimum Gasteiger partial charge on any atom is -0.450 e. The van der Waals surface area contributed by atoms with Crippen LogP contribution in [0.2, 0.25) is 0 Å². The summed E-state index contributed by atoms with van der Waals surface area (Å²) in [5.74, 6) is 0. The van der Waals surface area contributed by atoms with Crippen LogP contribution in [0.1, 0.15) is 20.3 Å². The summed E-state index contributed by atoms with van der Waals surface area (Å²) in [6.45, 7) is 4.45. The number of nitrogens with one attached hydrogen (secondary N) is 1. The molecule has 0 bridgehead atoms. The van der Waals surface area contributed by atoms with Crippen LogP contribution in [0.25, 0.3) is 0 Å². The molecule has 1 N–H and O–H groups in total. The largest absolute Gasteiger partial charge is 0.635 e. The topological polar surface area (TPSA) is 66.0 Å². The van der Waals surface area contributed by atoms with Crippen LogP contribution in [0.15, 0.2) is 0 Å². The van der Waals surface area contributed by atoms with Gasteiger partial charge in [0.2, 0.25) is 0 Å². The zero-order chi connectivity index (χ0) is 11.7. The van der Waals surface area contributed by atoms with Crippen LogP contribution in [0.3, 0.4) is 0 Å². The Morgan fingerprint density at radius 2 is 1.87 bits per heavy atom. The molecule has 0 rings (SSSR count). The van der Waals surface area contributed by atoms with Crippen LogP contribution in [-0.4, -0.2) is 42.5 Å².